The maximum absolute atomic E-state index is 12.7. The number of nitrogens with zero attached hydrogens (tertiary/aromatic N) is 2. The smallest absolute Gasteiger partial charge is 0.251 e. The van der Waals surface area contributed by atoms with E-state index in [0.29, 0.717) is 25.2 Å². The van der Waals surface area contributed by atoms with E-state index in [1.54, 1.807) is 0 Å². The van der Waals surface area contributed by atoms with Crippen molar-refractivity contribution in [3.05, 3.63) is 35.9 Å². The Labute approximate surface area is 162 Å². The van der Waals surface area contributed by atoms with Crippen LogP contribution in [-0.4, -0.2) is 66.4 Å². The van der Waals surface area contributed by atoms with Gasteiger partial charge in [0.25, 0.3) is 5.91 Å². The number of nitrogens with one attached hydrogen (secondary N) is 1. The normalized spacial score (nSPS) is 23.8. The summed E-state index contributed by atoms with van der Waals surface area (Å²) < 4.78 is 0. The van der Waals surface area contributed by atoms with Gasteiger partial charge in [-0.1, -0.05) is 32.0 Å². The second-order valence-corrected chi connectivity index (χ2v) is 8.59. The van der Waals surface area contributed by atoms with Crippen LogP contribution in [0, 0.1) is 5.41 Å². The van der Waals surface area contributed by atoms with Gasteiger partial charge in [-0.15, -0.1) is 0 Å². The molecule has 3 N–H and O–H groups in total. The lowest BCUT2D eigenvalue weighted by Gasteiger charge is -2.43. The molecule has 0 spiro atoms. The van der Waals surface area contributed by atoms with Crippen molar-refractivity contribution in [2.75, 3.05) is 32.7 Å². The van der Waals surface area contributed by atoms with Crippen molar-refractivity contribution in [2.45, 2.75) is 45.2 Å². The van der Waals surface area contributed by atoms with Gasteiger partial charge in [-0.25, -0.2) is 0 Å². The third-order valence-corrected chi connectivity index (χ3v) is 5.97. The van der Waals surface area contributed by atoms with Crippen molar-refractivity contribution in [1.29, 1.82) is 0 Å². The number of likely N-dealkylation sites (tertiary alicyclic amines) is 2. The van der Waals surface area contributed by atoms with E-state index < -0.39 is 0 Å². The fourth-order valence-corrected chi connectivity index (χ4v) is 4.04. The summed E-state index contributed by atoms with van der Waals surface area (Å²) >= 11 is 0. The van der Waals surface area contributed by atoms with Gasteiger partial charge >= 0.3 is 0 Å². The fourth-order valence-electron chi connectivity index (χ4n) is 4.04. The zero-order chi connectivity index (χ0) is 19.4. The predicted molar refractivity (Wildman–Crippen MR) is 106 cm³/mol. The van der Waals surface area contributed by atoms with Crippen molar-refractivity contribution in [1.82, 2.24) is 15.1 Å². The molecule has 6 nitrogen and oxygen atoms in total. The molecule has 2 amide bonds. The molecule has 3 rings (SSSR count). The molecule has 2 aliphatic heterocycles. The Bertz CT molecular complexity index is 653. The van der Waals surface area contributed by atoms with Crippen LogP contribution in [-0.2, 0) is 4.79 Å². The van der Waals surface area contributed by atoms with E-state index in [1.807, 2.05) is 35.2 Å². The lowest BCUT2D eigenvalue weighted by Crippen LogP contribution is -2.55. The minimum atomic E-state index is -0.0349. The second kappa shape index (κ2) is 8.40. The number of carbonyl (C=O) groups excluding carboxylic acids is 2. The molecule has 2 fully saturated rings. The van der Waals surface area contributed by atoms with E-state index >= 15 is 0 Å². The molecule has 6 heteroatoms. The van der Waals surface area contributed by atoms with E-state index in [1.165, 1.54) is 0 Å². The van der Waals surface area contributed by atoms with Crippen molar-refractivity contribution in [3.8, 4) is 0 Å². The van der Waals surface area contributed by atoms with Crippen molar-refractivity contribution < 1.29 is 9.59 Å². The van der Waals surface area contributed by atoms with E-state index in [-0.39, 0.29) is 29.3 Å². The molecule has 0 bridgehead atoms. The first kappa shape index (κ1) is 19.8. The van der Waals surface area contributed by atoms with Crippen LogP contribution in [0.4, 0.5) is 0 Å². The van der Waals surface area contributed by atoms with Crippen molar-refractivity contribution >= 4 is 11.8 Å². The summed E-state index contributed by atoms with van der Waals surface area (Å²) in [5.74, 6) is 0.154. The quantitative estimate of drug-likeness (QED) is 0.839. The summed E-state index contributed by atoms with van der Waals surface area (Å²) in [4.78, 5) is 29.1. The molecule has 2 heterocycles. The topological polar surface area (TPSA) is 78.7 Å². The third kappa shape index (κ3) is 5.08. The SMILES string of the molecule is CC1(C)CN(CC(=O)N2CCC(NC(=O)c3ccccc3)CC2)CCC1N. The Morgan fingerprint density at radius 1 is 1.11 bits per heavy atom. The summed E-state index contributed by atoms with van der Waals surface area (Å²) in [6.45, 7) is 7.98. The lowest BCUT2D eigenvalue weighted by atomic mass is 9.80. The highest BCUT2D eigenvalue weighted by Gasteiger charge is 2.34. The first-order chi connectivity index (χ1) is 12.8. The zero-order valence-electron chi connectivity index (χ0n) is 16.5. The average molecular weight is 373 g/mol. The van der Waals surface area contributed by atoms with Crippen LogP contribution in [0.3, 0.4) is 0 Å². The van der Waals surface area contributed by atoms with E-state index in [0.717, 1.165) is 32.4 Å². The minimum Gasteiger partial charge on any atom is -0.349 e. The van der Waals surface area contributed by atoms with Gasteiger partial charge in [0.15, 0.2) is 0 Å². The number of amides is 2. The monoisotopic (exact) mass is 372 g/mol. The Morgan fingerprint density at radius 3 is 2.41 bits per heavy atom. The molecule has 1 unspecified atom stereocenters. The molecule has 0 aromatic heterocycles. The minimum absolute atomic E-state index is 0.0349. The van der Waals surface area contributed by atoms with Gasteiger partial charge in [-0.2, -0.15) is 0 Å². The number of carbonyl (C=O) groups is 2. The van der Waals surface area contributed by atoms with E-state index in [2.05, 4.69) is 24.1 Å². The first-order valence-corrected chi connectivity index (χ1v) is 9.97. The Balaban J connectivity index is 1.43. The molecule has 2 aliphatic rings. The van der Waals surface area contributed by atoms with E-state index in [4.69, 9.17) is 5.73 Å². The molecular weight excluding hydrogens is 340 g/mol. The highest BCUT2D eigenvalue weighted by atomic mass is 16.2. The lowest BCUT2D eigenvalue weighted by molar-refractivity contribution is -0.134. The molecule has 27 heavy (non-hydrogen) atoms. The fraction of sp³-hybridized carbons (Fsp3) is 0.619. The summed E-state index contributed by atoms with van der Waals surface area (Å²) in [5, 5.41) is 3.09. The molecule has 1 aromatic rings. The number of nitrogens with two attached hydrogens (primary N) is 1. The number of hydrogen-bond acceptors (Lipinski definition) is 4. The third-order valence-electron chi connectivity index (χ3n) is 5.97. The largest absolute Gasteiger partial charge is 0.349 e. The maximum atomic E-state index is 12.7. The highest BCUT2D eigenvalue weighted by molar-refractivity contribution is 5.94. The van der Waals surface area contributed by atoms with Gasteiger partial charge in [-0.3, -0.25) is 14.5 Å². The van der Waals surface area contributed by atoms with Crippen LogP contribution in [0.15, 0.2) is 30.3 Å². The van der Waals surface area contributed by atoms with Crippen molar-refractivity contribution in [2.24, 2.45) is 11.1 Å². The molecule has 0 radical (unpaired) electrons. The van der Waals surface area contributed by atoms with Crippen LogP contribution in [0.1, 0.15) is 43.5 Å². The molecule has 1 atom stereocenters. The summed E-state index contributed by atoms with van der Waals surface area (Å²) in [6.07, 6.45) is 2.55. The van der Waals surface area contributed by atoms with Gasteiger partial charge in [0.1, 0.15) is 0 Å². The van der Waals surface area contributed by atoms with Crippen LogP contribution in [0.2, 0.25) is 0 Å². The van der Waals surface area contributed by atoms with Gasteiger partial charge in [-0.05, 0) is 36.8 Å². The van der Waals surface area contributed by atoms with Crippen LogP contribution in [0.5, 0.6) is 0 Å². The number of benzene rings is 1. The van der Waals surface area contributed by atoms with Crippen LogP contribution in [0.25, 0.3) is 0 Å². The van der Waals surface area contributed by atoms with Gasteiger partial charge < -0.3 is 16.0 Å². The first-order valence-electron chi connectivity index (χ1n) is 9.97. The summed E-state index contributed by atoms with van der Waals surface area (Å²) in [5.41, 5.74) is 6.92. The second-order valence-electron chi connectivity index (χ2n) is 8.59. The molecule has 0 aliphatic carbocycles. The van der Waals surface area contributed by atoms with Crippen LogP contribution < -0.4 is 11.1 Å². The van der Waals surface area contributed by atoms with Gasteiger partial charge in [0, 0.05) is 43.8 Å². The van der Waals surface area contributed by atoms with E-state index in [9.17, 15) is 9.59 Å². The number of hydrogen-bond donors (Lipinski definition) is 2. The van der Waals surface area contributed by atoms with Crippen molar-refractivity contribution in [3.63, 3.8) is 0 Å². The standard InChI is InChI=1S/C21H32N4O2/c1-21(2)15-24(11-10-18(21)22)14-19(26)25-12-8-17(9-13-25)23-20(27)16-6-4-3-5-7-16/h3-7,17-18H,8-15,22H2,1-2H3,(H,23,27). The zero-order valence-corrected chi connectivity index (χ0v) is 16.5. The van der Waals surface area contributed by atoms with Gasteiger partial charge in [0.2, 0.25) is 5.91 Å². The summed E-state index contributed by atoms with van der Waals surface area (Å²) in [6, 6.07) is 9.61. The molecule has 1 aromatic carbocycles. The Kier molecular flexibility index (Phi) is 6.17. The molecule has 0 saturated carbocycles. The molecule has 2 saturated heterocycles. The Morgan fingerprint density at radius 2 is 1.78 bits per heavy atom. The molecular formula is C21H32N4O2. The average Bonchev–Trinajstić information content (AvgIpc) is 2.66. The summed E-state index contributed by atoms with van der Waals surface area (Å²) in [7, 11) is 0. The van der Waals surface area contributed by atoms with Crippen LogP contribution >= 0.6 is 0 Å². The highest BCUT2D eigenvalue weighted by Crippen LogP contribution is 2.27. The van der Waals surface area contributed by atoms with Gasteiger partial charge in [0.05, 0.1) is 6.54 Å². The predicted octanol–water partition coefficient (Wildman–Crippen LogP) is 1.47. The molecule has 148 valence electrons. The number of piperidine rings is 2. The maximum Gasteiger partial charge on any atom is 0.251 e. The number of rotatable bonds is 4. The Hall–Kier alpha value is -1.92.